The quantitative estimate of drug-likeness (QED) is 0.781. The van der Waals surface area contributed by atoms with Crippen LogP contribution in [0.25, 0.3) is 0 Å². The lowest BCUT2D eigenvalue weighted by Gasteiger charge is -2.27. The average molecular weight is 260 g/mol. The molecule has 0 saturated carbocycles. The van der Waals surface area contributed by atoms with Crippen molar-refractivity contribution in [3.05, 3.63) is 0 Å². The fraction of sp³-hybridized carbons (Fsp3) is 0.818. The van der Waals surface area contributed by atoms with E-state index >= 15 is 0 Å². The highest BCUT2D eigenvalue weighted by molar-refractivity contribution is 8.00. The molecular weight excluding hydrogens is 240 g/mol. The lowest BCUT2D eigenvalue weighted by Crippen LogP contribution is -2.40. The monoisotopic (exact) mass is 260 g/mol. The fourth-order valence-electron chi connectivity index (χ4n) is 1.77. The van der Waals surface area contributed by atoms with E-state index in [-0.39, 0.29) is 17.1 Å². The van der Waals surface area contributed by atoms with Crippen LogP contribution in [0.15, 0.2) is 0 Å². The van der Waals surface area contributed by atoms with Gasteiger partial charge in [0, 0.05) is 19.5 Å². The van der Waals surface area contributed by atoms with Crippen molar-refractivity contribution in [1.82, 2.24) is 4.90 Å². The molecule has 0 radical (unpaired) electrons. The van der Waals surface area contributed by atoms with E-state index in [0.29, 0.717) is 11.5 Å². The van der Waals surface area contributed by atoms with Crippen LogP contribution in [-0.2, 0) is 4.79 Å². The third kappa shape index (κ3) is 3.94. The summed E-state index contributed by atoms with van der Waals surface area (Å²) in [7, 11) is 1.84. The van der Waals surface area contributed by atoms with Gasteiger partial charge < -0.3 is 10.6 Å². The minimum atomic E-state index is 0.0949. The number of carbonyl (C=O) groups excluding carboxylic acids is 1. The van der Waals surface area contributed by atoms with Gasteiger partial charge >= 0.3 is 0 Å². The first kappa shape index (κ1) is 13.8. The van der Waals surface area contributed by atoms with Crippen LogP contribution < -0.4 is 5.73 Å². The summed E-state index contributed by atoms with van der Waals surface area (Å²) in [6, 6.07) is 0. The topological polar surface area (TPSA) is 46.3 Å². The van der Waals surface area contributed by atoms with Crippen molar-refractivity contribution < 1.29 is 4.79 Å². The zero-order chi connectivity index (χ0) is 12.1. The van der Waals surface area contributed by atoms with Gasteiger partial charge in [0.05, 0.1) is 10.2 Å². The molecule has 0 aromatic carbocycles. The van der Waals surface area contributed by atoms with Gasteiger partial charge in [0.2, 0.25) is 5.91 Å². The lowest BCUT2D eigenvalue weighted by atomic mass is 10.1. The van der Waals surface area contributed by atoms with E-state index in [1.165, 1.54) is 12.8 Å². The summed E-state index contributed by atoms with van der Waals surface area (Å²) in [4.78, 5) is 14.3. The molecule has 3 nitrogen and oxygen atoms in total. The molecule has 92 valence electrons. The first-order chi connectivity index (χ1) is 7.52. The van der Waals surface area contributed by atoms with Gasteiger partial charge in [0.25, 0.3) is 0 Å². The van der Waals surface area contributed by atoms with Crippen LogP contribution in [0.2, 0.25) is 0 Å². The predicted octanol–water partition coefficient (Wildman–Crippen LogP) is 1.65. The molecule has 1 amide bonds. The number of carbonyl (C=O) groups is 1. The van der Waals surface area contributed by atoms with E-state index < -0.39 is 0 Å². The zero-order valence-corrected chi connectivity index (χ0v) is 11.6. The van der Waals surface area contributed by atoms with E-state index in [1.54, 1.807) is 16.7 Å². The molecule has 1 aliphatic rings. The largest absolute Gasteiger partial charge is 0.393 e. The first-order valence-electron chi connectivity index (χ1n) is 5.68. The summed E-state index contributed by atoms with van der Waals surface area (Å²) in [5, 5.41) is 0.150. The molecule has 0 aromatic rings. The number of hydrogen-bond acceptors (Lipinski definition) is 3. The Hall–Kier alpha value is -0.290. The van der Waals surface area contributed by atoms with Gasteiger partial charge in [-0.1, -0.05) is 25.6 Å². The van der Waals surface area contributed by atoms with Gasteiger partial charge in [-0.05, 0) is 18.6 Å². The maximum atomic E-state index is 12.1. The van der Waals surface area contributed by atoms with Gasteiger partial charge in [-0.15, -0.1) is 11.8 Å². The first-order valence-corrected chi connectivity index (χ1v) is 7.14. The SMILES string of the molecule is CC(CN(C)C(=O)C1CCCCS1)C(N)=S. The molecule has 2 N–H and O–H groups in total. The van der Waals surface area contributed by atoms with Crippen molar-refractivity contribution in [2.24, 2.45) is 11.7 Å². The molecule has 1 rings (SSSR count). The second-order valence-corrected chi connectivity index (χ2v) is 6.16. The van der Waals surface area contributed by atoms with Crippen LogP contribution >= 0.6 is 24.0 Å². The Morgan fingerprint density at radius 2 is 2.31 bits per heavy atom. The normalized spacial score (nSPS) is 22.5. The second-order valence-electron chi connectivity index (χ2n) is 4.38. The molecule has 16 heavy (non-hydrogen) atoms. The number of amides is 1. The van der Waals surface area contributed by atoms with Crippen LogP contribution in [-0.4, -0.2) is 40.4 Å². The maximum Gasteiger partial charge on any atom is 0.235 e. The van der Waals surface area contributed by atoms with Gasteiger partial charge in [0.1, 0.15) is 0 Å². The molecule has 1 heterocycles. The van der Waals surface area contributed by atoms with Crippen molar-refractivity contribution in [3.63, 3.8) is 0 Å². The summed E-state index contributed by atoms with van der Waals surface area (Å²) in [6.07, 6.45) is 3.42. The number of nitrogens with zero attached hydrogens (tertiary/aromatic N) is 1. The van der Waals surface area contributed by atoms with Crippen molar-refractivity contribution in [2.75, 3.05) is 19.3 Å². The Morgan fingerprint density at radius 1 is 1.62 bits per heavy atom. The summed E-state index contributed by atoms with van der Waals surface area (Å²) >= 11 is 6.69. The highest BCUT2D eigenvalue weighted by Gasteiger charge is 2.25. The molecule has 2 unspecified atom stereocenters. The third-order valence-corrected chi connectivity index (χ3v) is 4.63. The van der Waals surface area contributed by atoms with Crippen molar-refractivity contribution >= 4 is 34.9 Å². The van der Waals surface area contributed by atoms with E-state index in [9.17, 15) is 4.79 Å². The van der Waals surface area contributed by atoms with Crippen LogP contribution in [0, 0.1) is 5.92 Å². The number of nitrogens with two attached hydrogens (primary N) is 1. The molecule has 1 aliphatic heterocycles. The summed E-state index contributed by atoms with van der Waals surface area (Å²) in [6.45, 7) is 2.59. The third-order valence-electron chi connectivity index (χ3n) is 2.86. The minimum Gasteiger partial charge on any atom is -0.393 e. The molecule has 0 aromatic heterocycles. The molecule has 1 fully saturated rings. The molecule has 1 saturated heterocycles. The standard InChI is InChI=1S/C11H20N2OS2/c1-8(10(12)15)7-13(2)11(14)9-5-3-4-6-16-9/h8-9H,3-7H2,1-2H3,(H2,12,15). The van der Waals surface area contributed by atoms with E-state index in [0.717, 1.165) is 12.2 Å². The Balaban J connectivity index is 2.43. The second kappa shape index (κ2) is 6.45. The van der Waals surface area contributed by atoms with Crippen molar-refractivity contribution in [2.45, 2.75) is 31.4 Å². The maximum absolute atomic E-state index is 12.1. The van der Waals surface area contributed by atoms with Crippen LogP contribution in [0.1, 0.15) is 26.2 Å². The van der Waals surface area contributed by atoms with E-state index in [4.69, 9.17) is 18.0 Å². The van der Waals surface area contributed by atoms with E-state index in [1.807, 2.05) is 14.0 Å². The van der Waals surface area contributed by atoms with Gasteiger partial charge in [-0.2, -0.15) is 0 Å². The molecule has 0 bridgehead atoms. The van der Waals surface area contributed by atoms with Crippen LogP contribution in [0.3, 0.4) is 0 Å². The van der Waals surface area contributed by atoms with Crippen LogP contribution in [0.4, 0.5) is 0 Å². The average Bonchev–Trinajstić information content (AvgIpc) is 2.28. The number of rotatable bonds is 4. The summed E-state index contributed by atoms with van der Waals surface area (Å²) < 4.78 is 0. The fourth-order valence-corrected chi connectivity index (χ4v) is 3.16. The highest BCUT2D eigenvalue weighted by Crippen LogP contribution is 2.26. The van der Waals surface area contributed by atoms with E-state index in [2.05, 4.69) is 0 Å². The van der Waals surface area contributed by atoms with Crippen molar-refractivity contribution in [1.29, 1.82) is 0 Å². The Morgan fingerprint density at radius 3 is 2.81 bits per heavy atom. The Bertz CT molecular complexity index is 265. The van der Waals surface area contributed by atoms with Gasteiger partial charge in [-0.25, -0.2) is 0 Å². The molecule has 2 atom stereocenters. The summed E-state index contributed by atoms with van der Waals surface area (Å²) in [5.41, 5.74) is 5.55. The zero-order valence-electron chi connectivity index (χ0n) is 9.94. The van der Waals surface area contributed by atoms with Crippen LogP contribution in [0.5, 0.6) is 0 Å². The number of thioether (sulfide) groups is 1. The highest BCUT2D eigenvalue weighted by atomic mass is 32.2. The lowest BCUT2D eigenvalue weighted by molar-refractivity contribution is -0.129. The Kier molecular flexibility index (Phi) is 5.55. The van der Waals surface area contributed by atoms with Gasteiger partial charge in [-0.3, -0.25) is 4.79 Å². The number of hydrogen-bond donors (Lipinski definition) is 1. The summed E-state index contributed by atoms with van der Waals surface area (Å²) in [5.74, 6) is 1.43. The predicted molar refractivity (Wildman–Crippen MR) is 73.7 cm³/mol. The molecule has 0 aliphatic carbocycles. The Labute approximate surface area is 107 Å². The number of thiocarbonyl (C=S) groups is 1. The molecule has 0 spiro atoms. The molecule has 5 heteroatoms. The van der Waals surface area contributed by atoms with Crippen molar-refractivity contribution in [3.8, 4) is 0 Å². The van der Waals surface area contributed by atoms with Gasteiger partial charge in [0.15, 0.2) is 0 Å². The molecular formula is C11H20N2OS2. The minimum absolute atomic E-state index is 0.0949. The smallest absolute Gasteiger partial charge is 0.235 e.